The first kappa shape index (κ1) is 15.1. The molecule has 0 aromatic carbocycles. The second-order valence-corrected chi connectivity index (χ2v) is 5.27. The van der Waals surface area contributed by atoms with E-state index in [1.807, 2.05) is 19.1 Å². The van der Waals surface area contributed by atoms with Gasteiger partial charge in [0, 0.05) is 30.1 Å². The van der Waals surface area contributed by atoms with Crippen LogP contribution in [-0.4, -0.2) is 32.7 Å². The summed E-state index contributed by atoms with van der Waals surface area (Å²) >= 11 is 0. The van der Waals surface area contributed by atoms with Crippen molar-refractivity contribution in [1.29, 1.82) is 0 Å². The highest BCUT2D eigenvalue weighted by Gasteiger charge is 2.17. The zero-order valence-electron chi connectivity index (χ0n) is 13.0. The number of hydrogen-bond donors (Lipinski definition) is 0. The molecule has 1 aliphatic carbocycles. The fraction of sp³-hybridized carbons (Fsp3) is 0.294. The number of imidazole rings is 1. The van der Waals surface area contributed by atoms with Gasteiger partial charge >= 0.3 is 5.97 Å². The minimum atomic E-state index is -0.475. The van der Waals surface area contributed by atoms with Gasteiger partial charge in [-0.05, 0) is 25.0 Å². The third kappa shape index (κ3) is 2.92. The van der Waals surface area contributed by atoms with Crippen LogP contribution in [0.25, 0.3) is 11.4 Å². The summed E-state index contributed by atoms with van der Waals surface area (Å²) in [7, 11) is 0. The topological polar surface area (TPSA) is 73.6 Å². The van der Waals surface area contributed by atoms with Crippen LogP contribution in [0.1, 0.15) is 36.3 Å². The Labute approximate surface area is 133 Å². The van der Waals surface area contributed by atoms with Crippen molar-refractivity contribution < 1.29 is 14.3 Å². The maximum Gasteiger partial charge on any atom is 0.358 e. The van der Waals surface area contributed by atoms with Gasteiger partial charge < -0.3 is 4.74 Å². The molecule has 118 valence electrons. The summed E-state index contributed by atoms with van der Waals surface area (Å²) in [5, 5.41) is 0. The van der Waals surface area contributed by atoms with Crippen molar-refractivity contribution in [2.75, 3.05) is 6.61 Å². The maximum absolute atomic E-state index is 12.0. The Kier molecular flexibility index (Phi) is 4.06. The van der Waals surface area contributed by atoms with Gasteiger partial charge in [0.2, 0.25) is 5.78 Å². The van der Waals surface area contributed by atoms with Crippen molar-refractivity contribution in [2.24, 2.45) is 5.92 Å². The lowest BCUT2D eigenvalue weighted by atomic mass is 9.91. The normalized spacial score (nSPS) is 17.4. The summed E-state index contributed by atoms with van der Waals surface area (Å²) in [4.78, 5) is 32.1. The maximum atomic E-state index is 12.0. The summed E-state index contributed by atoms with van der Waals surface area (Å²) < 4.78 is 6.59. The highest BCUT2D eigenvalue weighted by molar-refractivity contribution is 6.03. The lowest BCUT2D eigenvalue weighted by Crippen LogP contribution is -2.12. The van der Waals surface area contributed by atoms with Gasteiger partial charge in [-0.3, -0.25) is 9.20 Å². The molecular weight excluding hydrogens is 294 g/mol. The molecule has 1 aliphatic rings. The Morgan fingerprint density at radius 2 is 2.17 bits per heavy atom. The number of fused-ring (bicyclic) bond motifs is 1. The number of allylic oxidation sites excluding steroid dienone is 4. The van der Waals surface area contributed by atoms with E-state index < -0.39 is 5.97 Å². The van der Waals surface area contributed by atoms with Crippen LogP contribution >= 0.6 is 0 Å². The minimum absolute atomic E-state index is 0.0425. The van der Waals surface area contributed by atoms with E-state index in [2.05, 4.69) is 9.97 Å². The summed E-state index contributed by atoms with van der Waals surface area (Å²) in [6.45, 7) is 4.03. The molecule has 1 unspecified atom stereocenters. The van der Waals surface area contributed by atoms with E-state index in [4.69, 9.17) is 4.74 Å². The quantitative estimate of drug-likeness (QED) is 0.811. The molecule has 0 aliphatic heterocycles. The van der Waals surface area contributed by atoms with Crippen LogP contribution in [0.15, 0.2) is 36.8 Å². The van der Waals surface area contributed by atoms with E-state index in [0.717, 1.165) is 17.6 Å². The Balaban J connectivity index is 1.93. The van der Waals surface area contributed by atoms with Gasteiger partial charge in [0.15, 0.2) is 11.5 Å². The SMILES string of the molecule is CCOC(=O)c1cn2cc(C3=CC(=O)C(CC)C=C3)cnc2n1. The third-order valence-electron chi connectivity index (χ3n) is 3.74. The molecule has 0 saturated carbocycles. The smallest absolute Gasteiger partial charge is 0.358 e. The molecule has 0 spiro atoms. The number of ether oxygens (including phenoxy) is 1. The van der Waals surface area contributed by atoms with Crippen LogP contribution in [0.5, 0.6) is 0 Å². The van der Waals surface area contributed by atoms with Crippen LogP contribution in [0.3, 0.4) is 0 Å². The summed E-state index contributed by atoms with van der Waals surface area (Å²) in [6, 6.07) is 0. The van der Waals surface area contributed by atoms with Gasteiger partial charge in [0.05, 0.1) is 6.61 Å². The highest BCUT2D eigenvalue weighted by atomic mass is 16.5. The third-order valence-corrected chi connectivity index (χ3v) is 3.74. The summed E-state index contributed by atoms with van der Waals surface area (Å²) in [5.74, 6) is -0.00529. The fourth-order valence-corrected chi connectivity index (χ4v) is 2.48. The summed E-state index contributed by atoms with van der Waals surface area (Å²) in [6.07, 6.45) is 11.3. The van der Waals surface area contributed by atoms with Crippen molar-refractivity contribution >= 4 is 23.1 Å². The van der Waals surface area contributed by atoms with E-state index in [1.165, 1.54) is 0 Å². The van der Waals surface area contributed by atoms with Gasteiger partial charge in [0.25, 0.3) is 0 Å². The molecule has 6 nitrogen and oxygen atoms in total. The Hall–Kier alpha value is -2.76. The fourth-order valence-electron chi connectivity index (χ4n) is 2.48. The number of carbonyl (C=O) groups is 2. The van der Waals surface area contributed by atoms with Crippen LogP contribution in [-0.2, 0) is 9.53 Å². The first-order valence-electron chi connectivity index (χ1n) is 7.58. The number of carbonyl (C=O) groups excluding carboxylic acids is 2. The van der Waals surface area contributed by atoms with E-state index >= 15 is 0 Å². The molecule has 0 amide bonds. The molecule has 23 heavy (non-hydrogen) atoms. The first-order chi connectivity index (χ1) is 11.1. The monoisotopic (exact) mass is 311 g/mol. The number of rotatable bonds is 4. The first-order valence-corrected chi connectivity index (χ1v) is 7.58. The Bertz CT molecular complexity index is 833. The van der Waals surface area contributed by atoms with Gasteiger partial charge in [0.1, 0.15) is 0 Å². The zero-order chi connectivity index (χ0) is 16.4. The molecule has 2 heterocycles. The molecule has 1 atom stereocenters. The van der Waals surface area contributed by atoms with E-state index in [-0.39, 0.29) is 17.4 Å². The summed E-state index contributed by atoms with van der Waals surface area (Å²) in [5.41, 5.74) is 1.82. The van der Waals surface area contributed by atoms with Crippen molar-refractivity contribution in [3.63, 3.8) is 0 Å². The van der Waals surface area contributed by atoms with Crippen LogP contribution in [0.4, 0.5) is 0 Å². The van der Waals surface area contributed by atoms with Gasteiger partial charge in [-0.25, -0.2) is 14.8 Å². The zero-order valence-corrected chi connectivity index (χ0v) is 13.0. The van der Waals surface area contributed by atoms with Crippen molar-refractivity contribution in [3.05, 3.63) is 48.1 Å². The largest absolute Gasteiger partial charge is 0.461 e. The number of ketones is 1. The molecule has 2 aromatic heterocycles. The van der Waals surface area contributed by atoms with Gasteiger partial charge in [-0.15, -0.1) is 0 Å². The molecule has 0 bridgehead atoms. The Morgan fingerprint density at radius 1 is 1.35 bits per heavy atom. The van der Waals surface area contributed by atoms with E-state index in [1.54, 1.807) is 36.0 Å². The standard InChI is InChI=1S/C17H17N3O3/c1-3-11-5-6-12(7-15(11)21)13-8-18-17-19-14(10-20(17)9-13)16(22)23-4-2/h5-11H,3-4H2,1-2H3. The molecule has 0 saturated heterocycles. The predicted octanol–water partition coefficient (Wildman–Crippen LogP) is 2.45. The van der Waals surface area contributed by atoms with Gasteiger partial charge in [-0.2, -0.15) is 0 Å². The number of esters is 1. The van der Waals surface area contributed by atoms with Crippen molar-refractivity contribution in [1.82, 2.24) is 14.4 Å². The van der Waals surface area contributed by atoms with Crippen molar-refractivity contribution in [2.45, 2.75) is 20.3 Å². The van der Waals surface area contributed by atoms with Crippen molar-refractivity contribution in [3.8, 4) is 0 Å². The second kappa shape index (κ2) is 6.16. The number of hydrogen-bond acceptors (Lipinski definition) is 5. The molecule has 2 aromatic rings. The predicted molar refractivity (Wildman–Crippen MR) is 84.8 cm³/mol. The minimum Gasteiger partial charge on any atom is -0.461 e. The second-order valence-electron chi connectivity index (χ2n) is 5.27. The van der Waals surface area contributed by atoms with Crippen LogP contribution in [0, 0.1) is 5.92 Å². The molecule has 3 rings (SSSR count). The lowest BCUT2D eigenvalue weighted by molar-refractivity contribution is -0.117. The highest BCUT2D eigenvalue weighted by Crippen LogP contribution is 2.23. The Morgan fingerprint density at radius 3 is 2.87 bits per heavy atom. The molecule has 0 radical (unpaired) electrons. The van der Waals surface area contributed by atoms with Crippen LogP contribution in [0.2, 0.25) is 0 Å². The molecule has 0 fully saturated rings. The average Bonchev–Trinajstić information content (AvgIpc) is 2.98. The number of nitrogens with zero attached hydrogens (tertiary/aromatic N) is 3. The van der Waals surface area contributed by atoms with Gasteiger partial charge in [-0.1, -0.05) is 19.1 Å². The lowest BCUT2D eigenvalue weighted by Gasteiger charge is -2.13. The average molecular weight is 311 g/mol. The molecule has 6 heteroatoms. The number of aromatic nitrogens is 3. The van der Waals surface area contributed by atoms with E-state index in [0.29, 0.717) is 12.4 Å². The molecular formula is C17H17N3O3. The molecule has 0 N–H and O–H groups in total. The van der Waals surface area contributed by atoms with Crippen LogP contribution < -0.4 is 0 Å². The van der Waals surface area contributed by atoms with E-state index in [9.17, 15) is 9.59 Å².